The van der Waals surface area contributed by atoms with Crippen LogP contribution in [0.4, 0.5) is 5.69 Å². The van der Waals surface area contributed by atoms with Gasteiger partial charge in [-0.3, -0.25) is 10.1 Å². The van der Waals surface area contributed by atoms with Gasteiger partial charge in [-0.1, -0.05) is 16.8 Å². The number of nitrogens with zero attached hydrogens (tertiary/aromatic N) is 2. The molecule has 1 aromatic heterocycles. The summed E-state index contributed by atoms with van der Waals surface area (Å²) in [5, 5.41) is 14.8. The monoisotopic (exact) mass is 402 g/mol. The first-order valence-corrected chi connectivity index (χ1v) is 8.36. The predicted molar refractivity (Wildman–Crippen MR) is 95.3 cm³/mol. The van der Waals surface area contributed by atoms with Crippen LogP contribution < -0.4 is 9.47 Å². The SMILES string of the molecule is O=C(OCc1cc(-c2ccc3c(c2)OCO3)on1)c1cc([N+](=O)[O-])ccc1Cl. The van der Waals surface area contributed by atoms with E-state index in [1.165, 1.54) is 12.1 Å². The quantitative estimate of drug-likeness (QED) is 0.357. The summed E-state index contributed by atoms with van der Waals surface area (Å²) >= 11 is 5.93. The van der Waals surface area contributed by atoms with E-state index in [1.807, 2.05) is 0 Å². The number of carbonyl (C=O) groups is 1. The molecular formula is C18H11ClN2O7. The second kappa shape index (κ2) is 7.20. The summed E-state index contributed by atoms with van der Waals surface area (Å²) in [5.41, 5.74) is 0.719. The molecule has 0 N–H and O–H groups in total. The Morgan fingerprint density at radius 3 is 2.82 bits per heavy atom. The van der Waals surface area contributed by atoms with E-state index in [-0.39, 0.29) is 29.7 Å². The molecule has 0 bridgehead atoms. The van der Waals surface area contributed by atoms with Gasteiger partial charge < -0.3 is 18.7 Å². The number of non-ortho nitro benzene ring substituents is 1. The fraction of sp³-hybridized carbons (Fsp3) is 0.111. The molecule has 2 heterocycles. The summed E-state index contributed by atoms with van der Waals surface area (Å²) < 4.78 is 21.0. The Bertz CT molecular complexity index is 1080. The highest BCUT2D eigenvalue weighted by molar-refractivity contribution is 6.33. The standard InChI is InChI=1S/C18H11ClN2O7/c19-14-3-2-12(21(23)24)7-13(14)18(22)25-8-11-6-16(28-20-11)10-1-4-15-17(5-10)27-9-26-15/h1-7H,8-9H2. The van der Waals surface area contributed by atoms with Crippen LogP contribution in [0.2, 0.25) is 5.02 Å². The molecule has 28 heavy (non-hydrogen) atoms. The largest absolute Gasteiger partial charge is 0.455 e. The van der Waals surface area contributed by atoms with Crippen molar-refractivity contribution in [3.63, 3.8) is 0 Å². The van der Waals surface area contributed by atoms with E-state index in [0.29, 0.717) is 23.0 Å². The third-order valence-electron chi connectivity index (χ3n) is 3.95. The van der Waals surface area contributed by atoms with Crippen molar-refractivity contribution < 1.29 is 28.5 Å². The van der Waals surface area contributed by atoms with Gasteiger partial charge in [-0.15, -0.1) is 0 Å². The molecule has 1 aliphatic rings. The third-order valence-corrected chi connectivity index (χ3v) is 4.28. The second-order valence-corrected chi connectivity index (χ2v) is 6.16. The normalized spacial score (nSPS) is 12.0. The molecule has 0 saturated heterocycles. The van der Waals surface area contributed by atoms with Crippen molar-refractivity contribution in [3.05, 3.63) is 68.9 Å². The number of nitro benzene ring substituents is 1. The van der Waals surface area contributed by atoms with Crippen LogP contribution in [0, 0.1) is 10.1 Å². The van der Waals surface area contributed by atoms with Crippen molar-refractivity contribution in [2.75, 3.05) is 6.79 Å². The molecule has 0 atom stereocenters. The Balaban J connectivity index is 1.46. The van der Waals surface area contributed by atoms with Crippen LogP contribution in [-0.2, 0) is 11.3 Å². The number of fused-ring (bicyclic) bond motifs is 1. The number of hydrogen-bond donors (Lipinski definition) is 0. The minimum atomic E-state index is -0.804. The molecule has 9 nitrogen and oxygen atoms in total. The first-order chi connectivity index (χ1) is 13.5. The molecule has 3 aromatic rings. The Hall–Kier alpha value is -3.59. The lowest BCUT2D eigenvalue weighted by molar-refractivity contribution is -0.384. The van der Waals surface area contributed by atoms with Crippen molar-refractivity contribution in [2.24, 2.45) is 0 Å². The van der Waals surface area contributed by atoms with Gasteiger partial charge in [0, 0.05) is 23.8 Å². The van der Waals surface area contributed by atoms with Gasteiger partial charge >= 0.3 is 5.97 Å². The number of rotatable bonds is 5. The van der Waals surface area contributed by atoms with E-state index in [4.69, 9.17) is 30.3 Å². The van der Waals surface area contributed by atoms with Gasteiger partial charge in [0.1, 0.15) is 12.3 Å². The maximum Gasteiger partial charge on any atom is 0.340 e. The number of aromatic nitrogens is 1. The summed E-state index contributed by atoms with van der Waals surface area (Å²) in [4.78, 5) is 22.4. The van der Waals surface area contributed by atoms with Crippen molar-refractivity contribution >= 4 is 23.3 Å². The number of nitro groups is 1. The van der Waals surface area contributed by atoms with E-state index in [2.05, 4.69) is 5.16 Å². The average Bonchev–Trinajstić information content (AvgIpc) is 3.34. The minimum absolute atomic E-state index is 0.0526. The molecule has 0 fully saturated rings. The van der Waals surface area contributed by atoms with Crippen LogP contribution in [0.3, 0.4) is 0 Å². The zero-order valence-corrected chi connectivity index (χ0v) is 14.8. The molecule has 0 unspecified atom stereocenters. The maximum atomic E-state index is 12.2. The number of hydrogen-bond acceptors (Lipinski definition) is 8. The number of carbonyl (C=O) groups excluding carboxylic acids is 1. The van der Waals surface area contributed by atoms with E-state index in [9.17, 15) is 14.9 Å². The second-order valence-electron chi connectivity index (χ2n) is 5.75. The highest BCUT2D eigenvalue weighted by Gasteiger charge is 2.19. The van der Waals surface area contributed by atoms with E-state index >= 15 is 0 Å². The van der Waals surface area contributed by atoms with E-state index in [1.54, 1.807) is 24.3 Å². The maximum absolute atomic E-state index is 12.2. The molecule has 10 heteroatoms. The van der Waals surface area contributed by atoms with Crippen molar-refractivity contribution in [1.29, 1.82) is 0 Å². The van der Waals surface area contributed by atoms with Crippen LogP contribution in [0.1, 0.15) is 16.1 Å². The first kappa shape index (κ1) is 17.8. The van der Waals surface area contributed by atoms with Gasteiger partial charge in [-0.25, -0.2) is 4.79 Å². The number of ether oxygens (including phenoxy) is 3. The third kappa shape index (κ3) is 3.47. The summed E-state index contributed by atoms with van der Waals surface area (Å²) in [6.07, 6.45) is 0. The van der Waals surface area contributed by atoms with Gasteiger partial charge in [0.05, 0.1) is 15.5 Å². The highest BCUT2D eigenvalue weighted by Crippen LogP contribution is 2.36. The molecule has 2 aromatic carbocycles. The molecule has 0 spiro atoms. The fourth-order valence-electron chi connectivity index (χ4n) is 2.57. The highest BCUT2D eigenvalue weighted by atomic mass is 35.5. The van der Waals surface area contributed by atoms with Crippen LogP contribution in [0.5, 0.6) is 11.5 Å². The Morgan fingerprint density at radius 1 is 1.18 bits per heavy atom. The lowest BCUT2D eigenvalue weighted by Gasteiger charge is -2.04. The smallest absolute Gasteiger partial charge is 0.340 e. The lowest BCUT2D eigenvalue weighted by atomic mass is 10.1. The summed E-state index contributed by atoms with van der Waals surface area (Å²) in [7, 11) is 0. The number of halogens is 1. The average molecular weight is 403 g/mol. The van der Waals surface area contributed by atoms with E-state index in [0.717, 1.165) is 11.6 Å². The molecule has 1 aliphatic heterocycles. The van der Waals surface area contributed by atoms with Crippen molar-refractivity contribution in [3.8, 4) is 22.8 Å². The van der Waals surface area contributed by atoms with Gasteiger partial charge in [-0.2, -0.15) is 0 Å². The summed E-state index contributed by atoms with van der Waals surface area (Å²) in [6.45, 7) is -0.0253. The summed E-state index contributed by atoms with van der Waals surface area (Å²) in [5.74, 6) is 0.896. The molecule has 0 aliphatic carbocycles. The van der Waals surface area contributed by atoms with Crippen LogP contribution in [0.15, 0.2) is 47.0 Å². The van der Waals surface area contributed by atoms with Crippen LogP contribution in [0.25, 0.3) is 11.3 Å². The van der Waals surface area contributed by atoms with Crippen LogP contribution >= 0.6 is 11.6 Å². The number of esters is 1. The molecule has 0 radical (unpaired) electrons. The molecule has 0 saturated carbocycles. The minimum Gasteiger partial charge on any atom is -0.455 e. The predicted octanol–water partition coefficient (Wildman–Crippen LogP) is 3.99. The topological polar surface area (TPSA) is 114 Å². The van der Waals surface area contributed by atoms with Gasteiger partial charge in [0.15, 0.2) is 17.3 Å². The lowest BCUT2D eigenvalue weighted by Crippen LogP contribution is -2.06. The van der Waals surface area contributed by atoms with Gasteiger partial charge in [-0.05, 0) is 24.3 Å². The van der Waals surface area contributed by atoms with Gasteiger partial charge in [0.25, 0.3) is 5.69 Å². The fourth-order valence-corrected chi connectivity index (χ4v) is 2.76. The Kier molecular flexibility index (Phi) is 4.58. The Morgan fingerprint density at radius 2 is 2.00 bits per heavy atom. The molecule has 142 valence electrons. The molecule has 4 rings (SSSR count). The van der Waals surface area contributed by atoms with Gasteiger partial charge in [0.2, 0.25) is 6.79 Å². The first-order valence-electron chi connectivity index (χ1n) is 7.98. The molecular weight excluding hydrogens is 392 g/mol. The van der Waals surface area contributed by atoms with Crippen molar-refractivity contribution in [2.45, 2.75) is 6.61 Å². The van der Waals surface area contributed by atoms with Crippen LogP contribution in [-0.4, -0.2) is 22.8 Å². The molecule has 0 amide bonds. The Labute approximate surface area is 162 Å². The van der Waals surface area contributed by atoms with E-state index < -0.39 is 10.9 Å². The zero-order valence-electron chi connectivity index (χ0n) is 14.1. The van der Waals surface area contributed by atoms with Crippen molar-refractivity contribution in [1.82, 2.24) is 5.16 Å². The number of benzene rings is 2. The summed E-state index contributed by atoms with van der Waals surface area (Å²) in [6, 6.07) is 10.4. The zero-order chi connectivity index (χ0) is 19.7.